The van der Waals surface area contributed by atoms with E-state index in [0.29, 0.717) is 0 Å². The molecule has 1 saturated heterocycles. The highest BCUT2D eigenvalue weighted by Crippen LogP contribution is 2.23. The van der Waals surface area contributed by atoms with Crippen LogP contribution in [-0.2, 0) is 5.41 Å². The molecule has 3 rings (SSSR count). The lowest BCUT2D eigenvalue weighted by atomic mass is 9.86. The first-order valence-electron chi connectivity index (χ1n) is 8.90. The van der Waals surface area contributed by atoms with E-state index in [1.165, 1.54) is 5.56 Å². The van der Waals surface area contributed by atoms with Gasteiger partial charge in [-0.2, -0.15) is 0 Å². The van der Waals surface area contributed by atoms with Crippen LogP contribution in [0, 0.1) is 0 Å². The van der Waals surface area contributed by atoms with Crippen molar-refractivity contribution in [3.8, 4) is 5.75 Å². The van der Waals surface area contributed by atoms with Crippen LogP contribution in [0.15, 0.2) is 48.8 Å². The first-order chi connectivity index (χ1) is 11.9. The van der Waals surface area contributed by atoms with Gasteiger partial charge in [-0.15, -0.1) is 0 Å². The Hall–Kier alpha value is -2.36. The van der Waals surface area contributed by atoms with E-state index >= 15 is 0 Å². The molecule has 4 heteroatoms. The van der Waals surface area contributed by atoms with Gasteiger partial charge in [0.2, 0.25) is 0 Å². The van der Waals surface area contributed by atoms with Gasteiger partial charge in [0, 0.05) is 37.7 Å². The lowest BCUT2D eigenvalue weighted by molar-refractivity contribution is 0.0595. The van der Waals surface area contributed by atoms with Crippen molar-refractivity contribution in [1.82, 2.24) is 9.88 Å². The van der Waals surface area contributed by atoms with Gasteiger partial charge in [0.1, 0.15) is 11.9 Å². The molecule has 0 radical (unpaired) electrons. The average Bonchev–Trinajstić information content (AvgIpc) is 2.62. The number of rotatable bonds is 3. The van der Waals surface area contributed by atoms with Crippen LogP contribution >= 0.6 is 0 Å². The Morgan fingerprint density at radius 3 is 2.36 bits per heavy atom. The number of carbonyl (C=O) groups excluding carboxylic acids is 1. The van der Waals surface area contributed by atoms with Gasteiger partial charge in [0.05, 0.1) is 6.20 Å². The number of hydrogen-bond acceptors (Lipinski definition) is 3. The fraction of sp³-hybridized carbons (Fsp3) is 0.429. The van der Waals surface area contributed by atoms with Gasteiger partial charge in [-0.3, -0.25) is 9.78 Å². The maximum atomic E-state index is 12.7. The van der Waals surface area contributed by atoms with Gasteiger partial charge >= 0.3 is 0 Å². The maximum absolute atomic E-state index is 12.7. The number of piperidine rings is 1. The van der Waals surface area contributed by atoms with Crippen molar-refractivity contribution in [2.75, 3.05) is 13.1 Å². The maximum Gasteiger partial charge on any atom is 0.253 e. The molecule has 0 aliphatic carbocycles. The minimum atomic E-state index is 0.101. The lowest BCUT2D eigenvalue weighted by Crippen LogP contribution is -2.41. The van der Waals surface area contributed by atoms with E-state index in [-0.39, 0.29) is 17.4 Å². The van der Waals surface area contributed by atoms with E-state index in [1.807, 2.05) is 29.2 Å². The Kier molecular flexibility index (Phi) is 5.07. The number of hydrogen-bond donors (Lipinski definition) is 0. The molecule has 0 spiro atoms. The molecule has 1 aliphatic heterocycles. The third kappa shape index (κ3) is 4.38. The van der Waals surface area contributed by atoms with E-state index in [9.17, 15) is 4.79 Å². The molecule has 0 N–H and O–H groups in total. The van der Waals surface area contributed by atoms with Crippen molar-refractivity contribution < 1.29 is 9.53 Å². The molecule has 0 bridgehead atoms. The predicted molar refractivity (Wildman–Crippen MR) is 98.9 cm³/mol. The summed E-state index contributed by atoms with van der Waals surface area (Å²) < 4.78 is 5.94. The van der Waals surface area contributed by atoms with Crippen LogP contribution in [0.4, 0.5) is 0 Å². The Bertz CT molecular complexity index is 697. The zero-order valence-electron chi connectivity index (χ0n) is 15.2. The number of amides is 1. The van der Waals surface area contributed by atoms with Crippen LogP contribution in [0.25, 0.3) is 0 Å². The molecule has 1 amide bonds. The highest BCUT2D eigenvalue weighted by molar-refractivity contribution is 5.94. The fourth-order valence-corrected chi connectivity index (χ4v) is 3.08. The quantitative estimate of drug-likeness (QED) is 0.847. The summed E-state index contributed by atoms with van der Waals surface area (Å²) in [6, 6.07) is 11.8. The van der Waals surface area contributed by atoms with E-state index in [1.54, 1.807) is 12.4 Å². The van der Waals surface area contributed by atoms with Gasteiger partial charge in [0.25, 0.3) is 5.91 Å². The molecule has 0 saturated carbocycles. The van der Waals surface area contributed by atoms with Crippen molar-refractivity contribution >= 4 is 5.91 Å². The molecule has 1 aromatic heterocycles. The van der Waals surface area contributed by atoms with Crippen molar-refractivity contribution in [3.63, 3.8) is 0 Å². The molecular formula is C21H26N2O2. The number of benzene rings is 1. The molecule has 25 heavy (non-hydrogen) atoms. The molecule has 1 aliphatic rings. The number of pyridine rings is 1. The smallest absolute Gasteiger partial charge is 0.253 e. The summed E-state index contributed by atoms with van der Waals surface area (Å²) in [7, 11) is 0. The summed E-state index contributed by atoms with van der Waals surface area (Å²) in [5, 5.41) is 0. The lowest BCUT2D eigenvalue weighted by Gasteiger charge is -2.32. The molecule has 1 fully saturated rings. The SMILES string of the molecule is CC(C)(C)c1ccc(C(=O)N2CCC(Oc3cccnc3)CC2)cc1. The van der Waals surface area contributed by atoms with E-state index in [0.717, 1.165) is 37.2 Å². The zero-order chi connectivity index (χ0) is 17.9. The largest absolute Gasteiger partial charge is 0.489 e. The first-order valence-corrected chi connectivity index (χ1v) is 8.90. The standard InChI is InChI=1S/C21H26N2O2/c1-21(2,3)17-8-6-16(7-9-17)20(24)23-13-10-18(11-14-23)25-19-5-4-12-22-15-19/h4-9,12,15,18H,10-11,13-14H2,1-3H3. The topological polar surface area (TPSA) is 42.4 Å². The summed E-state index contributed by atoms with van der Waals surface area (Å²) in [5.41, 5.74) is 2.11. The van der Waals surface area contributed by atoms with E-state index < -0.39 is 0 Å². The molecule has 2 heterocycles. The van der Waals surface area contributed by atoms with Gasteiger partial charge in [-0.1, -0.05) is 32.9 Å². The van der Waals surface area contributed by atoms with Crippen LogP contribution in [0.2, 0.25) is 0 Å². The first kappa shape index (κ1) is 17.5. The van der Waals surface area contributed by atoms with Gasteiger partial charge in [-0.25, -0.2) is 0 Å². The number of carbonyl (C=O) groups is 1. The van der Waals surface area contributed by atoms with Gasteiger partial charge < -0.3 is 9.64 Å². The molecule has 0 atom stereocenters. The second-order valence-electron chi connectivity index (χ2n) is 7.63. The van der Waals surface area contributed by atoms with Crippen LogP contribution in [0.5, 0.6) is 5.75 Å². The Labute approximate surface area is 149 Å². The van der Waals surface area contributed by atoms with E-state index in [2.05, 4.69) is 37.9 Å². The van der Waals surface area contributed by atoms with Crippen molar-refractivity contribution in [2.45, 2.75) is 45.1 Å². The number of nitrogens with zero attached hydrogens (tertiary/aromatic N) is 2. The molecule has 132 valence electrons. The van der Waals surface area contributed by atoms with Gasteiger partial charge in [-0.05, 0) is 35.2 Å². The van der Waals surface area contributed by atoms with Crippen LogP contribution in [0.3, 0.4) is 0 Å². The Morgan fingerprint density at radius 2 is 1.80 bits per heavy atom. The molecular weight excluding hydrogens is 312 g/mol. The third-order valence-corrected chi connectivity index (χ3v) is 4.66. The second-order valence-corrected chi connectivity index (χ2v) is 7.63. The van der Waals surface area contributed by atoms with Crippen LogP contribution < -0.4 is 4.74 Å². The summed E-state index contributed by atoms with van der Waals surface area (Å²) in [6.45, 7) is 7.99. The second kappa shape index (κ2) is 7.26. The zero-order valence-corrected chi connectivity index (χ0v) is 15.2. The number of ether oxygens (including phenoxy) is 1. The predicted octanol–water partition coefficient (Wildman–Crippen LogP) is 4.06. The summed E-state index contributed by atoms with van der Waals surface area (Å²) in [6.07, 6.45) is 5.31. The normalized spacial score (nSPS) is 15.9. The molecule has 0 unspecified atom stereocenters. The molecule has 1 aromatic carbocycles. The monoisotopic (exact) mass is 338 g/mol. The van der Waals surface area contributed by atoms with Gasteiger partial charge in [0.15, 0.2) is 0 Å². The highest BCUT2D eigenvalue weighted by atomic mass is 16.5. The minimum Gasteiger partial charge on any atom is -0.489 e. The Morgan fingerprint density at radius 1 is 1.12 bits per heavy atom. The third-order valence-electron chi connectivity index (χ3n) is 4.66. The number of aromatic nitrogens is 1. The molecule has 2 aromatic rings. The van der Waals surface area contributed by atoms with Crippen molar-refractivity contribution in [3.05, 3.63) is 59.9 Å². The van der Waals surface area contributed by atoms with Crippen LogP contribution in [-0.4, -0.2) is 35.0 Å². The Balaban J connectivity index is 1.56. The minimum absolute atomic E-state index is 0.101. The highest BCUT2D eigenvalue weighted by Gasteiger charge is 2.25. The van der Waals surface area contributed by atoms with Crippen molar-refractivity contribution in [2.24, 2.45) is 0 Å². The molecule has 4 nitrogen and oxygen atoms in total. The number of likely N-dealkylation sites (tertiary alicyclic amines) is 1. The average molecular weight is 338 g/mol. The fourth-order valence-electron chi connectivity index (χ4n) is 3.08. The summed E-state index contributed by atoms with van der Waals surface area (Å²) in [5.74, 6) is 0.908. The van der Waals surface area contributed by atoms with E-state index in [4.69, 9.17) is 4.74 Å². The van der Waals surface area contributed by atoms with Crippen LogP contribution in [0.1, 0.15) is 49.5 Å². The summed E-state index contributed by atoms with van der Waals surface area (Å²) >= 11 is 0. The summed E-state index contributed by atoms with van der Waals surface area (Å²) in [4.78, 5) is 18.7. The van der Waals surface area contributed by atoms with Crippen molar-refractivity contribution in [1.29, 1.82) is 0 Å².